The molecule has 0 radical (unpaired) electrons. The Morgan fingerprint density at radius 2 is 1.89 bits per heavy atom. The molecule has 7 atom stereocenters. The zero-order valence-corrected chi connectivity index (χ0v) is 18.1. The smallest absolute Gasteiger partial charge is 0.0577 e. The zero-order valence-electron chi connectivity index (χ0n) is 18.1. The lowest BCUT2D eigenvalue weighted by Crippen LogP contribution is -2.52. The molecule has 0 bridgehead atoms. The highest BCUT2D eigenvalue weighted by molar-refractivity contribution is 5.75. The monoisotopic (exact) mass is 379 g/mol. The minimum Gasteiger partial charge on any atom is -0.393 e. The first-order chi connectivity index (χ1) is 13.4. The first-order valence-electron chi connectivity index (χ1n) is 11.6. The number of fused-ring (bicyclic) bond motifs is 5. The summed E-state index contributed by atoms with van der Waals surface area (Å²) in [5, 5.41) is 10.3. The Morgan fingerprint density at radius 1 is 1.11 bits per heavy atom. The molecule has 4 aliphatic rings. The summed E-state index contributed by atoms with van der Waals surface area (Å²) in [5.41, 5.74) is 6.93. The van der Waals surface area contributed by atoms with E-state index in [-0.39, 0.29) is 6.10 Å². The van der Waals surface area contributed by atoms with Gasteiger partial charge in [-0.15, -0.1) is 0 Å². The summed E-state index contributed by atoms with van der Waals surface area (Å²) in [6, 6.07) is 2.28. The van der Waals surface area contributed by atoms with Gasteiger partial charge in [-0.2, -0.15) is 0 Å². The van der Waals surface area contributed by atoms with E-state index in [0.717, 1.165) is 30.6 Å². The van der Waals surface area contributed by atoms with Gasteiger partial charge in [-0.1, -0.05) is 38.0 Å². The van der Waals surface area contributed by atoms with Crippen LogP contribution >= 0.6 is 0 Å². The molecule has 1 heterocycles. The van der Waals surface area contributed by atoms with Crippen LogP contribution in [-0.4, -0.2) is 16.2 Å². The average Bonchev–Trinajstić information content (AvgIpc) is 3.26. The van der Waals surface area contributed by atoms with Crippen molar-refractivity contribution in [3.05, 3.63) is 41.2 Å². The molecular weight excluding hydrogens is 342 g/mol. The van der Waals surface area contributed by atoms with Crippen molar-refractivity contribution in [2.75, 3.05) is 0 Å². The van der Waals surface area contributed by atoms with E-state index in [1.54, 1.807) is 16.7 Å². The minimum absolute atomic E-state index is 0.113. The standard InChI is InChI=1S/C26H37NO/c1-5-17-13-19-14-20(28)6-9-25(19,3)21-7-10-26(4)22(23(17)21)12-16(2)24(26)18-8-11-27-15-18/h8,11,13,15,17,20-23,27-28H,5-7,9-10,12,14H2,1-4H3/t17-,20-,21-,22-,23+,25-,26-/m0/s1. The molecule has 0 spiro atoms. The van der Waals surface area contributed by atoms with Crippen LogP contribution in [0, 0.1) is 34.5 Å². The Bertz CT molecular complexity index is 817. The molecule has 0 amide bonds. The van der Waals surface area contributed by atoms with Crippen molar-refractivity contribution in [1.82, 2.24) is 4.98 Å². The van der Waals surface area contributed by atoms with Crippen LogP contribution in [0.5, 0.6) is 0 Å². The van der Waals surface area contributed by atoms with E-state index < -0.39 is 0 Å². The number of aromatic amines is 1. The summed E-state index contributed by atoms with van der Waals surface area (Å²) >= 11 is 0. The third-order valence-corrected chi connectivity index (χ3v) is 9.52. The van der Waals surface area contributed by atoms with E-state index in [2.05, 4.69) is 57.2 Å². The molecule has 4 aliphatic carbocycles. The van der Waals surface area contributed by atoms with Crippen molar-refractivity contribution < 1.29 is 5.11 Å². The molecule has 2 saturated carbocycles. The largest absolute Gasteiger partial charge is 0.393 e. The maximum atomic E-state index is 10.3. The quantitative estimate of drug-likeness (QED) is 0.576. The van der Waals surface area contributed by atoms with Crippen molar-refractivity contribution >= 4 is 5.57 Å². The van der Waals surface area contributed by atoms with Crippen molar-refractivity contribution in [2.45, 2.75) is 78.7 Å². The van der Waals surface area contributed by atoms with Gasteiger partial charge in [-0.25, -0.2) is 0 Å². The van der Waals surface area contributed by atoms with Crippen LogP contribution in [-0.2, 0) is 0 Å². The lowest BCUT2D eigenvalue weighted by atomic mass is 9.45. The molecule has 0 unspecified atom stereocenters. The van der Waals surface area contributed by atoms with Crippen LogP contribution in [0.25, 0.3) is 5.57 Å². The van der Waals surface area contributed by atoms with E-state index in [1.807, 2.05) is 0 Å². The number of H-pyrrole nitrogens is 1. The van der Waals surface area contributed by atoms with E-state index in [4.69, 9.17) is 0 Å². The fraction of sp³-hybridized carbons (Fsp3) is 0.692. The fourth-order valence-electron chi connectivity index (χ4n) is 8.18. The Morgan fingerprint density at radius 3 is 2.61 bits per heavy atom. The minimum atomic E-state index is -0.113. The van der Waals surface area contributed by atoms with Crippen LogP contribution in [0.1, 0.15) is 78.2 Å². The van der Waals surface area contributed by atoms with E-state index in [0.29, 0.717) is 16.7 Å². The second kappa shape index (κ2) is 6.36. The van der Waals surface area contributed by atoms with Crippen molar-refractivity contribution in [1.29, 1.82) is 0 Å². The highest BCUT2D eigenvalue weighted by Crippen LogP contribution is 2.68. The Labute approximate surface area is 170 Å². The number of aliphatic hydroxyl groups excluding tert-OH is 1. The first kappa shape index (κ1) is 18.7. The first-order valence-corrected chi connectivity index (χ1v) is 11.6. The lowest BCUT2D eigenvalue weighted by molar-refractivity contribution is -0.0467. The van der Waals surface area contributed by atoms with E-state index >= 15 is 0 Å². The van der Waals surface area contributed by atoms with Gasteiger partial charge in [0.2, 0.25) is 0 Å². The molecule has 0 saturated heterocycles. The normalized spacial score (nSPS) is 45.3. The number of rotatable bonds is 2. The number of hydrogen-bond acceptors (Lipinski definition) is 1. The molecule has 5 rings (SSSR count). The SMILES string of the molecule is CC[C@H]1C=C2C[C@@H](O)CC[C@]2(C)[C@H]2CC[C@]3(C)C(c4cc[nH]c4)=C(C)C[C@H]3[C@H]12. The number of allylic oxidation sites excluding steroid dienone is 3. The topological polar surface area (TPSA) is 36.0 Å². The molecule has 2 nitrogen and oxygen atoms in total. The molecule has 1 aromatic heterocycles. The third kappa shape index (κ3) is 2.43. The van der Waals surface area contributed by atoms with E-state index in [9.17, 15) is 5.11 Å². The molecule has 152 valence electrons. The predicted octanol–water partition coefficient (Wildman–Crippen LogP) is 6.36. The second-order valence-electron chi connectivity index (χ2n) is 10.8. The third-order valence-electron chi connectivity index (χ3n) is 9.52. The summed E-state index contributed by atoms with van der Waals surface area (Å²) in [6.45, 7) is 9.89. The van der Waals surface area contributed by atoms with E-state index in [1.165, 1.54) is 37.7 Å². The Kier molecular flexibility index (Phi) is 4.25. The highest BCUT2D eigenvalue weighted by Gasteiger charge is 2.59. The summed E-state index contributed by atoms with van der Waals surface area (Å²) in [7, 11) is 0. The number of nitrogens with one attached hydrogen (secondary N) is 1. The van der Waals surface area contributed by atoms with Gasteiger partial charge in [0.05, 0.1) is 6.10 Å². The molecule has 28 heavy (non-hydrogen) atoms. The molecule has 2 N–H and O–H groups in total. The number of aliphatic hydroxyl groups is 1. The van der Waals surface area contributed by atoms with Gasteiger partial charge in [0.25, 0.3) is 0 Å². The molecule has 1 aromatic rings. The average molecular weight is 380 g/mol. The zero-order chi connectivity index (χ0) is 19.7. The summed E-state index contributed by atoms with van der Waals surface area (Å²) in [4.78, 5) is 3.30. The Hall–Kier alpha value is -1.28. The van der Waals surface area contributed by atoms with Crippen LogP contribution < -0.4 is 0 Å². The maximum absolute atomic E-state index is 10.3. The van der Waals surface area contributed by atoms with Crippen LogP contribution in [0.2, 0.25) is 0 Å². The van der Waals surface area contributed by atoms with Gasteiger partial charge >= 0.3 is 0 Å². The fourth-order valence-corrected chi connectivity index (χ4v) is 8.18. The second-order valence-corrected chi connectivity index (χ2v) is 10.8. The van der Waals surface area contributed by atoms with Crippen molar-refractivity contribution in [3.8, 4) is 0 Å². The van der Waals surface area contributed by atoms with Gasteiger partial charge in [-0.05, 0) is 104 Å². The lowest BCUT2D eigenvalue weighted by Gasteiger charge is -2.60. The van der Waals surface area contributed by atoms with Crippen molar-refractivity contribution in [3.63, 3.8) is 0 Å². The van der Waals surface area contributed by atoms with Crippen LogP contribution in [0.15, 0.2) is 35.7 Å². The van der Waals surface area contributed by atoms with Crippen molar-refractivity contribution in [2.24, 2.45) is 34.5 Å². The van der Waals surface area contributed by atoms with Gasteiger partial charge < -0.3 is 10.1 Å². The van der Waals surface area contributed by atoms with Gasteiger partial charge in [0.15, 0.2) is 0 Å². The van der Waals surface area contributed by atoms with Crippen LogP contribution in [0.3, 0.4) is 0 Å². The van der Waals surface area contributed by atoms with Gasteiger partial charge in [0.1, 0.15) is 0 Å². The molecule has 0 aromatic carbocycles. The molecule has 0 aliphatic heterocycles. The number of hydrogen-bond donors (Lipinski definition) is 2. The summed E-state index contributed by atoms with van der Waals surface area (Å²) in [5.74, 6) is 3.03. The predicted molar refractivity (Wildman–Crippen MR) is 116 cm³/mol. The number of aromatic nitrogens is 1. The van der Waals surface area contributed by atoms with Gasteiger partial charge in [-0.3, -0.25) is 0 Å². The van der Waals surface area contributed by atoms with Crippen LogP contribution in [0.4, 0.5) is 0 Å². The molecule has 2 heteroatoms. The molecule has 2 fully saturated rings. The summed E-state index contributed by atoms with van der Waals surface area (Å²) < 4.78 is 0. The molecular formula is C26H37NO. The highest BCUT2D eigenvalue weighted by atomic mass is 16.3. The van der Waals surface area contributed by atoms with Gasteiger partial charge in [0, 0.05) is 12.4 Å². The maximum Gasteiger partial charge on any atom is 0.0577 e. The summed E-state index contributed by atoms with van der Waals surface area (Å²) in [6.07, 6.45) is 15.1. The Balaban J connectivity index is 1.57.